The van der Waals surface area contributed by atoms with Crippen LogP contribution in [0.1, 0.15) is 34.3 Å². The number of nitrogens with zero attached hydrogens (tertiary/aromatic N) is 1. The van der Waals surface area contributed by atoms with Gasteiger partial charge in [0, 0.05) is 17.5 Å². The second kappa shape index (κ2) is 5.20. The van der Waals surface area contributed by atoms with Crippen LogP contribution in [0.3, 0.4) is 0 Å². The Morgan fingerprint density at radius 1 is 1.47 bits per heavy atom. The molecule has 0 unspecified atom stereocenters. The van der Waals surface area contributed by atoms with Crippen molar-refractivity contribution in [2.75, 3.05) is 0 Å². The van der Waals surface area contributed by atoms with Gasteiger partial charge in [-0.3, -0.25) is 4.79 Å². The van der Waals surface area contributed by atoms with E-state index in [1.54, 1.807) is 0 Å². The highest BCUT2D eigenvalue weighted by Gasteiger charge is 2.12. The molecule has 0 aliphatic carbocycles. The number of hydrogen-bond donors (Lipinski definition) is 0. The van der Waals surface area contributed by atoms with E-state index in [2.05, 4.69) is 0 Å². The van der Waals surface area contributed by atoms with Crippen LogP contribution in [0.4, 0.5) is 8.78 Å². The highest BCUT2D eigenvalue weighted by Crippen LogP contribution is 2.24. The lowest BCUT2D eigenvalue weighted by molar-refractivity contribution is 0.112. The third-order valence-corrected chi connectivity index (χ3v) is 2.04. The second-order valence-corrected chi connectivity index (χ2v) is 3.03. The van der Waals surface area contributed by atoms with Crippen LogP contribution in [-0.2, 0) is 6.42 Å². The normalized spacial score (nSPS) is 10.0. The summed E-state index contributed by atoms with van der Waals surface area (Å²) in [5.41, 5.74) is 0.624. The van der Waals surface area contributed by atoms with Crippen molar-refractivity contribution >= 4 is 6.29 Å². The summed E-state index contributed by atoms with van der Waals surface area (Å²) < 4.78 is 25.0. The smallest absolute Gasteiger partial charge is 0.264 e. The molecule has 0 saturated carbocycles. The van der Waals surface area contributed by atoms with E-state index in [0.717, 1.165) is 0 Å². The van der Waals surface area contributed by atoms with E-state index in [9.17, 15) is 13.6 Å². The number of aryl methyl sites for hydroxylation is 1. The minimum absolute atomic E-state index is 0.101. The first kappa shape index (κ1) is 11.3. The molecule has 0 fully saturated rings. The van der Waals surface area contributed by atoms with Gasteiger partial charge in [-0.2, -0.15) is 5.26 Å². The zero-order valence-electron chi connectivity index (χ0n) is 7.91. The lowest BCUT2D eigenvalue weighted by atomic mass is 10.0. The van der Waals surface area contributed by atoms with E-state index in [0.29, 0.717) is 17.4 Å². The SMILES string of the molecule is N#CCCc1cc(C=O)ccc1C(F)F. The first-order valence-corrected chi connectivity index (χ1v) is 4.42. The van der Waals surface area contributed by atoms with Gasteiger partial charge in [-0.15, -0.1) is 0 Å². The van der Waals surface area contributed by atoms with Crippen molar-refractivity contribution in [3.63, 3.8) is 0 Å². The minimum atomic E-state index is -2.57. The van der Waals surface area contributed by atoms with Crippen molar-refractivity contribution < 1.29 is 13.6 Å². The predicted molar refractivity (Wildman–Crippen MR) is 50.7 cm³/mol. The van der Waals surface area contributed by atoms with Crippen LogP contribution in [-0.4, -0.2) is 6.29 Å². The molecule has 0 atom stereocenters. The van der Waals surface area contributed by atoms with E-state index in [4.69, 9.17) is 5.26 Å². The molecule has 0 radical (unpaired) electrons. The van der Waals surface area contributed by atoms with Crippen LogP contribution in [0.25, 0.3) is 0 Å². The molecule has 0 aromatic heterocycles. The summed E-state index contributed by atoms with van der Waals surface area (Å²) in [6, 6.07) is 5.88. The molecule has 15 heavy (non-hydrogen) atoms. The van der Waals surface area contributed by atoms with Crippen LogP contribution in [0, 0.1) is 11.3 Å². The summed E-state index contributed by atoms with van der Waals surface area (Å²) in [7, 11) is 0. The zero-order valence-corrected chi connectivity index (χ0v) is 7.91. The van der Waals surface area contributed by atoms with E-state index < -0.39 is 6.43 Å². The highest BCUT2D eigenvalue weighted by atomic mass is 19.3. The van der Waals surface area contributed by atoms with Gasteiger partial charge in [-0.25, -0.2) is 8.78 Å². The molecule has 78 valence electrons. The standard InChI is InChI=1S/C11H9F2NO/c12-11(13)10-4-3-8(7-15)6-9(10)2-1-5-14/h3-4,6-7,11H,1-2H2. The van der Waals surface area contributed by atoms with E-state index in [-0.39, 0.29) is 18.4 Å². The number of benzene rings is 1. The maximum Gasteiger partial charge on any atom is 0.264 e. The molecule has 1 aromatic rings. The van der Waals surface area contributed by atoms with Gasteiger partial charge in [-0.1, -0.05) is 12.1 Å². The summed E-state index contributed by atoms with van der Waals surface area (Å²) >= 11 is 0. The Morgan fingerprint density at radius 2 is 2.20 bits per heavy atom. The summed E-state index contributed by atoms with van der Waals surface area (Å²) in [5.74, 6) is 0. The van der Waals surface area contributed by atoms with Gasteiger partial charge in [0.05, 0.1) is 6.07 Å². The van der Waals surface area contributed by atoms with E-state index in [1.165, 1.54) is 18.2 Å². The molecule has 0 N–H and O–H groups in total. The fourth-order valence-corrected chi connectivity index (χ4v) is 1.32. The fraction of sp³-hybridized carbons (Fsp3) is 0.273. The molecular weight excluding hydrogens is 200 g/mol. The Balaban J connectivity index is 3.05. The summed E-state index contributed by atoms with van der Waals surface area (Å²) in [4.78, 5) is 10.5. The molecule has 0 saturated heterocycles. The Bertz CT molecular complexity index is 396. The third-order valence-electron chi connectivity index (χ3n) is 2.04. The van der Waals surface area contributed by atoms with Gasteiger partial charge in [-0.05, 0) is 18.1 Å². The Labute approximate surface area is 86.1 Å². The zero-order chi connectivity index (χ0) is 11.3. The van der Waals surface area contributed by atoms with Crippen molar-refractivity contribution in [3.05, 3.63) is 34.9 Å². The molecule has 1 rings (SSSR count). The Hall–Kier alpha value is -1.76. The van der Waals surface area contributed by atoms with Crippen molar-refractivity contribution in [2.24, 2.45) is 0 Å². The minimum Gasteiger partial charge on any atom is -0.298 e. The topological polar surface area (TPSA) is 40.9 Å². The first-order valence-electron chi connectivity index (χ1n) is 4.42. The summed E-state index contributed by atoms with van der Waals surface area (Å²) in [6.45, 7) is 0. The predicted octanol–water partition coefficient (Wildman–Crippen LogP) is 2.89. The molecule has 0 spiro atoms. The fourth-order valence-electron chi connectivity index (χ4n) is 1.32. The number of nitriles is 1. The highest BCUT2D eigenvalue weighted by molar-refractivity contribution is 5.75. The van der Waals surface area contributed by atoms with Gasteiger partial charge in [0.25, 0.3) is 6.43 Å². The number of halogens is 2. The molecule has 0 aliphatic rings. The number of carbonyl (C=O) groups excluding carboxylic acids is 1. The maximum atomic E-state index is 12.5. The average molecular weight is 209 g/mol. The number of carbonyl (C=O) groups is 1. The van der Waals surface area contributed by atoms with Crippen molar-refractivity contribution in [3.8, 4) is 6.07 Å². The quantitative estimate of drug-likeness (QED) is 0.715. The first-order chi connectivity index (χ1) is 7.19. The molecule has 0 heterocycles. The number of aldehydes is 1. The third kappa shape index (κ3) is 2.84. The van der Waals surface area contributed by atoms with E-state index in [1.807, 2.05) is 6.07 Å². The molecule has 4 heteroatoms. The van der Waals surface area contributed by atoms with Crippen molar-refractivity contribution in [1.29, 1.82) is 5.26 Å². The molecule has 2 nitrogen and oxygen atoms in total. The Morgan fingerprint density at radius 3 is 2.73 bits per heavy atom. The molecule has 1 aromatic carbocycles. The van der Waals surface area contributed by atoms with Crippen LogP contribution in [0.2, 0.25) is 0 Å². The van der Waals surface area contributed by atoms with Gasteiger partial charge in [0.1, 0.15) is 6.29 Å². The monoisotopic (exact) mass is 209 g/mol. The van der Waals surface area contributed by atoms with Crippen molar-refractivity contribution in [1.82, 2.24) is 0 Å². The maximum absolute atomic E-state index is 12.5. The van der Waals surface area contributed by atoms with Gasteiger partial charge < -0.3 is 0 Å². The molecular formula is C11H9F2NO. The number of alkyl halides is 2. The second-order valence-electron chi connectivity index (χ2n) is 3.03. The van der Waals surface area contributed by atoms with Crippen LogP contribution in [0.5, 0.6) is 0 Å². The molecule has 0 aliphatic heterocycles. The van der Waals surface area contributed by atoms with E-state index >= 15 is 0 Å². The summed E-state index contributed by atoms with van der Waals surface area (Å²) in [6.07, 6.45) is -1.55. The van der Waals surface area contributed by atoms with Gasteiger partial charge in [0.15, 0.2) is 0 Å². The van der Waals surface area contributed by atoms with Gasteiger partial charge >= 0.3 is 0 Å². The largest absolute Gasteiger partial charge is 0.298 e. The van der Waals surface area contributed by atoms with Crippen molar-refractivity contribution in [2.45, 2.75) is 19.3 Å². The van der Waals surface area contributed by atoms with Gasteiger partial charge in [0.2, 0.25) is 0 Å². The summed E-state index contributed by atoms with van der Waals surface area (Å²) in [5, 5.41) is 8.38. The van der Waals surface area contributed by atoms with Crippen LogP contribution >= 0.6 is 0 Å². The Kier molecular flexibility index (Phi) is 3.92. The molecule has 0 amide bonds. The number of rotatable bonds is 4. The lowest BCUT2D eigenvalue weighted by Gasteiger charge is -2.07. The molecule has 0 bridgehead atoms. The average Bonchev–Trinajstić information content (AvgIpc) is 2.25. The van der Waals surface area contributed by atoms with Crippen LogP contribution < -0.4 is 0 Å². The number of hydrogen-bond acceptors (Lipinski definition) is 2. The lowest BCUT2D eigenvalue weighted by Crippen LogP contribution is -1.96. The van der Waals surface area contributed by atoms with Crippen LogP contribution in [0.15, 0.2) is 18.2 Å².